The molecule has 0 aliphatic rings. The molecule has 0 saturated carbocycles. The molecule has 26 heavy (non-hydrogen) atoms. The van der Waals surface area contributed by atoms with Crippen LogP contribution < -0.4 is 10.1 Å². The molecule has 134 valence electrons. The van der Waals surface area contributed by atoms with Gasteiger partial charge in [0.1, 0.15) is 23.9 Å². The summed E-state index contributed by atoms with van der Waals surface area (Å²) in [6.07, 6.45) is 0. The molecular formula is C20H18BrNO4. The molecule has 1 aromatic heterocycles. The normalized spacial score (nSPS) is 10.6. The fourth-order valence-electron chi connectivity index (χ4n) is 2.74. The van der Waals surface area contributed by atoms with Gasteiger partial charge in [-0.1, -0.05) is 28.1 Å². The van der Waals surface area contributed by atoms with Crippen molar-refractivity contribution < 1.29 is 19.1 Å². The van der Waals surface area contributed by atoms with Crippen molar-refractivity contribution in [3.8, 4) is 17.1 Å². The van der Waals surface area contributed by atoms with Crippen LogP contribution in [-0.4, -0.2) is 18.1 Å². The Hall–Kier alpha value is -2.57. The quantitative estimate of drug-likeness (QED) is 0.629. The lowest BCUT2D eigenvalue weighted by Gasteiger charge is -2.13. The van der Waals surface area contributed by atoms with Crippen molar-refractivity contribution in [3.05, 3.63) is 69.9 Å². The number of hydrogen-bond donors (Lipinski definition) is 2. The second-order valence-corrected chi connectivity index (χ2v) is 6.68. The highest BCUT2D eigenvalue weighted by Gasteiger charge is 2.16. The van der Waals surface area contributed by atoms with Crippen LogP contribution in [0.15, 0.2) is 57.4 Å². The monoisotopic (exact) mass is 415 g/mol. The van der Waals surface area contributed by atoms with E-state index in [0.717, 1.165) is 15.6 Å². The number of rotatable bonds is 5. The molecule has 2 aromatic carbocycles. The van der Waals surface area contributed by atoms with Crippen LogP contribution in [0.5, 0.6) is 5.75 Å². The molecule has 1 amide bonds. The Bertz CT molecular complexity index is 949. The number of carbonyl (C=O) groups excluding carboxylic acids is 1. The summed E-state index contributed by atoms with van der Waals surface area (Å²) in [6, 6.07) is 14.4. The summed E-state index contributed by atoms with van der Waals surface area (Å²) in [5.74, 6) is 1.39. The fourth-order valence-corrected chi connectivity index (χ4v) is 3.31. The largest absolute Gasteiger partial charge is 0.496 e. The van der Waals surface area contributed by atoms with Crippen LogP contribution >= 0.6 is 15.9 Å². The number of aliphatic hydroxyl groups excluding tert-OH is 1. The first-order chi connectivity index (χ1) is 12.5. The van der Waals surface area contributed by atoms with E-state index in [-0.39, 0.29) is 12.5 Å². The number of carbonyl (C=O) groups is 1. The molecule has 0 aliphatic carbocycles. The molecule has 2 N–H and O–H groups in total. The van der Waals surface area contributed by atoms with Crippen molar-refractivity contribution in [2.75, 3.05) is 12.4 Å². The third-order valence-corrected chi connectivity index (χ3v) is 4.37. The molecule has 5 nitrogen and oxygen atoms in total. The Labute approximate surface area is 159 Å². The van der Waals surface area contributed by atoms with E-state index in [1.165, 1.54) is 0 Å². The van der Waals surface area contributed by atoms with E-state index >= 15 is 0 Å². The number of ether oxygens (including phenoxy) is 1. The van der Waals surface area contributed by atoms with E-state index in [4.69, 9.17) is 14.3 Å². The number of furan rings is 1. The number of hydrogen-bond acceptors (Lipinski definition) is 4. The molecule has 6 heteroatoms. The zero-order valence-electron chi connectivity index (χ0n) is 14.4. The number of amides is 1. The Balaban J connectivity index is 1.88. The average Bonchev–Trinajstić information content (AvgIpc) is 3.10. The molecule has 0 saturated heterocycles. The van der Waals surface area contributed by atoms with Gasteiger partial charge in [-0.3, -0.25) is 4.79 Å². The molecule has 0 spiro atoms. The van der Waals surface area contributed by atoms with Crippen LogP contribution in [0.2, 0.25) is 0 Å². The van der Waals surface area contributed by atoms with Crippen molar-refractivity contribution in [2.45, 2.75) is 13.5 Å². The molecule has 0 fully saturated rings. The molecule has 0 aliphatic heterocycles. The van der Waals surface area contributed by atoms with Gasteiger partial charge in [0.15, 0.2) is 0 Å². The van der Waals surface area contributed by atoms with E-state index in [0.29, 0.717) is 28.5 Å². The van der Waals surface area contributed by atoms with E-state index < -0.39 is 0 Å². The van der Waals surface area contributed by atoms with Crippen LogP contribution in [-0.2, 0) is 6.61 Å². The fraction of sp³-hybridized carbons (Fsp3) is 0.150. The molecule has 0 radical (unpaired) electrons. The molecule has 0 atom stereocenters. The summed E-state index contributed by atoms with van der Waals surface area (Å²) in [4.78, 5) is 12.7. The second-order valence-electron chi connectivity index (χ2n) is 5.76. The highest BCUT2D eigenvalue weighted by molar-refractivity contribution is 9.10. The summed E-state index contributed by atoms with van der Waals surface area (Å²) in [5, 5.41) is 12.0. The van der Waals surface area contributed by atoms with Crippen LogP contribution in [0.1, 0.15) is 21.7 Å². The zero-order valence-corrected chi connectivity index (χ0v) is 16.0. The minimum Gasteiger partial charge on any atom is -0.496 e. The average molecular weight is 416 g/mol. The van der Waals surface area contributed by atoms with Crippen LogP contribution in [0.4, 0.5) is 5.69 Å². The lowest BCUT2D eigenvalue weighted by molar-refractivity contribution is 0.102. The summed E-state index contributed by atoms with van der Waals surface area (Å²) >= 11 is 3.41. The second kappa shape index (κ2) is 7.76. The van der Waals surface area contributed by atoms with Gasteiger partial charge in [-0.05, 0) is 48.9 Å². The minimum absolute atomic E-state index is 0.154. The van der Waals surface area contributed by atoms with Gasteiger partial charge in [0.2, 0.25) is 0 Å². The SMILES string of the molecule is COc1c(C)cc(Br)cc1C(=O)Nc1cccc(-c2ccc(CO)o2)c1. The highest BCUT2D eigenvalue weighted by Crippen LogP contribution is 2.29. The maximum Gasteiger partial charge on any atom is 0.259 e. The molecule has 1 heterocycles. The Morgan fingerprint density at radius 3 is 2.73 bits per heavy atom. The maximum atomic E-state index is 12.7. The number of halogens is 1. The molecule has 3 aromatic rings. The smallest absolute Gasteiger partial charge is 0.259 e. The van der Waals surface area contributed by atoms with Gasteiger partial charge in [0.05, 0.1) is 12.7 Å². The first-order valence-corrected chi connectivity index (χ1v) is 8.76. The summed E-state index contributed by atoms with van der Waals surface area (Å²) in [5.41, 5.74) is 2.76. The Morgan fingerprint density at radius 1 is 1.23 bits per heavy atom. The van der Waals surface area contributed by atoms with Crippen LogP contribution in [0.3, 0.4) is 0 Å². The van der Waals surface area contributed by atoms with Gasteiger partial charge < -0.3 is 19.6 Å². The van der Waals surface area contributed by atoms with Gasteiger partial charge in [-0.15, -0.1) is 0 Å². The van der Waals surface area contributed by atoms with Gasteiger partial charge in [-0.25, -0.2) is 0 Å². The zero-order chi connectivity index (χ0) is 18.7. The third-order valence-electron chi connectivity index (χ3n) is 3.91. The van der Waals surface area contributed by atoms with E-state index in [2.05, 4.69) is 21.2 Å². The maximum absolute atomic E-state index is 12.7. The predicted octanol–water partition coefficient (Wildman–Crippen LogP) is 4.77. The number of aryl methyl sites for hydroxylation is 1. The van der Waals surface area contributed by atoms with Crippen molar-refractivity contribution in [1.82, 2.24) is 0 Å². The topological polar surface area (TPSA) is 71.7 Å². The number of benzene rings is 2. The first kappa shape index (κ1) is 18.2. The number of anilines is 1. The van der Waals surface area contributed by atoms with E-state index in [1.54, 1.807) is 31.4 Å². The Kier molecular flexibility index (Phi) is 5.44. The Morgan fingerprint density at radius 2 is 2.04 bits per heavy atom. The third kappa shape index (κ3) is 3.81. The van der Waals surface area contributed by atoms with Crippen molar-refractivity contribution in [1.29, 1.82) is 0 Å². The van der Waals surface area contributed by atoms with E-state index in [1.807, 2.05) is 31.2 Å². The highest BCUT2D eigenvalue weighted by atomic mass is 79.9. The summed E-state index contributed by atoms with van der Waals surface area (Å²) in [6.45, 7) is 1.73. The summed E-state index contributed by atoms with van der Waals surface area (Å²) in [7, 11) is 1.54. The summed E-state index contributed by atoms with van der Waals surface area (Å²) < 4.78 is 11.7. The minimum atomic E-state index is -0.265. The van der Waals surface area contributed by atoms with E-state index in [9.17, 15) is 4.79 Å². The van der Waals surface area contributed by atoms with Crippen LogP contribution in [0, 0.1) is 6.92 Å². The van der Waals surface area contributed by atoms with Crippen molar-refractivity contribution >= 4 is 27.5 Å². The van der Waals surface area contributed by atoms with Gasteiger partial charge >= 0.3 is 0 Å². The van der Waals surface area contributed by atoms with Gasteiger partial charge in [-0.2, -0.15) is 0 Å². The standard InChI is InChI=1S/C20H18BrNO4/c1-12-8-14(21)10-17(19(12)25-2)20(24)22-15-5-3-4-13(9-15)18-7-6-16(11-23)26-18/h3-10,23H,11H2,1-2H3,(H,22,24). The molecule has 3 rings (SSSR count). The number of nitrogens with one attached hydrogen (secondary N) is 1. The molecule has 0 bridgehead atoms. The predicted molar refractivity (Wildman–Crippen MR) is 103 cm³/mol. The van der Waals surface area contributed by atoms with Crippen LogP contribution in [0.25, 0.3) is 11.3 Å². The van der Waals surface area contributed by atoms with Crippen molar-refractivity contribution in [3.63, 3.8) is 0 Å². The number of aliphatic hydroxyl groups is 1. The lowest BCUT2D eigenvalue weighted by Crippen LogP contribution is -2.14. The molecular weight excluding hydrogens is 398 g/mol. The van der Waals surface area contributed by atoms with Crippen molar-refractivity contribution in [2.24, 2.45) is 0 Å². The molecule has 0 unspecified atom stereocenters. The van der Waals surface area contributed by atoms with Gasteiger partial charge in [0.25, 0.3) is 5.91 Å². The number of methoxy groups -OCH3 is 1. The lowest BCUT2D eigenvalue weighted by atomic mass is 10.1. The first-order valence-electron chi connectivity index (χ1n) is 7.97. The van der Waals surface area contributed by atoms with Gasteiger partial charge in [0, 0.05) is 15.7 Å².